The van der Waals surface area contributed by atoms with Crippen LogP contribution in [0.15, 0.2) is 67.0 Å². The molecule has 0 amide bonds. The van der Waals surface area contributed by atoms with Gasteiger partial charge in [0.2, 0.25) is 0 Å². The highest BCUT2D eigenvalue weighted by atomic mass is 15.3. The molecule has 1 unspecified atom stereocenters. The van der Waals surface area contributed by atoms with Crippen molar-refractivity contribution in [1.29, 1.82) is 0 Å². The van der Waals surface area contributed by atoms with Gasteiger partial charge in [-0.1, -0.05) is 30.3 Å². The highest BCUT2D eigenvalue weighted by molar-refractivity contribution is 5.53. The number of benzene rings is 2. The second kappa shape index (κ2) is 7.80. The molecule has 5 rings (SSSR count). The Morgan fingerprint density at radius 3 is 2.46 bits per heavy atom. The van der Waals surface area contributed by atoms with E-state index in [1.165, 1.54) is 37.8 Å². The first-order valence-electron chi connectivity index (χ1n) is 10.5. The van der Waals surface area contributed by atoms with Crippen LogP contribution in [-0.4, -0.2) is 35.0 Å². The first kappa shape index (κ1) is 17.5. The summed E-state index contributed by atoms with van der Waals surface area (Å²) in [5, 5.41) is 8.32. The predicted octanol–water partition coefficient (Wildman–Crippen LogP) is 3.99. The molecule has 1 aliphatic heterocycles. The summed E-state index contributed by atoms with van der Waals surface area (Å²) in [5.41, 5.74) is 5.52. The predicted molar refractivity (Wildman–Crippen MR) is 114 cm³/mol. The fourth-order valence-electron chi connectivity index (χ4n) is 4.73. The van der Waals surface area contributed by atoms with E-state index in [-0.39, 0.29) is 0 Å². The fraction of sp³-hybridized carbons (Fsp3) is 0.375. The summed E-state index contributed by atoms with van der Waals surface area (Å²) in [7, 11) is 0. The van der Waals surface area contributed by atoms with Crippen molar-refractivity contribution in [3.8, 4) is 5.69 Å². The van der Waals surface area contributed by atoms with Gasteiger partial charge in [0.1, 0.15) is 0 Å². The Morgan fingerprint density at radius 1 is 0.821 bits per heavy atom. The van der Waals surface area contributed by atoms with E-state index < -0.39 is 0 Å². The third kappa shape index (κ3) is 3.69. The lowest BCUT2D eigenvalue weighted by Gasteiger charge is -2.37. The number of aromatic nitrogens is 2. The summed E-state index contributed by atoms with van der Waals surface area (Å²) in [6, 6.07) is 20.9. The number of aryl methyl sites for hydroxylation is 1. The molecule has 2 heterocycles. The zero-order valence-electron chi connectivity index (χ0n) is 16.3. The Morgan fingerprint density at radius 2 is 1.64 bits per heavy atom. The molecule has 2 aliphatic rings. The smallest absolute Gasteiger partial charge is 0.0666 e. The van der Waals surface area contributed by atoms with Gasteiger partial charge >= 0.3 is 0 Å². The standard InChI is InChI=1S/C24H28N4/c1-2-6-20-17-22(10-9-19(20)5-1)26-21-11-15-27(16-12-21)23-7-3-8-24(18-23)28-14-4-13-25-28/h1-8,13-14,18,21-22,26H,9-12,15-17H2. The maximum atomic E-state index is 4.35. The molecule has 0 spiro atoms. The molecule has 0 bridgehead atoms. The lowest BCUT2D eigenvalue weighted by atomic mass is 9.87. The van der Waals surface area contributed by atoms with Crippen molar-refractivity contribution in [2.45, 2.75) is 44.2 Å². The number of anilines is 1. The molecule has 28 heavy (non-hydrogen) atoms. The largest absolute Gasteiger partial charge is 0.371 e. The highest BCUT2D eigenvalue weighted by Gasteiger charge is 2.24. The van der Waals surface area contributed by atoms with Crippen LogP contribution in [0.25, 0.3) is 5.69 Å². The third-order valence-electron chi connectivity index (χ3n) is 6.28. The maximum absolute atomic E-state index is 4.35. The van der Waals surface area contributed by atoms with Gasteiger partial charge in [-0.05, 0) is 67.5 Å². The van der Waals surface area contributed by atoms with Crippen LogP contribution in [0.1, 0.15) is 30.4 Å². The fourth-order valence-corrected chi connectivity index (χ4v) is 4.73. The van der Waals surface area contributed by atoms with Gasteiger partial charge in [-0.15, -0.1) is 0 Å². The summed E-state index contributed by atoms with van der Waals surface area (Å²) in [6.07, 6.45) is 9.91. The Bertz CT molecular complexity index is 910. The van der Waals surface area contributed by atoms with Crippen molar-refractivity contribution in [2.75, 3.05) is 18.0 Å². The van der Waals surface area contributed by atoms with Gasteiger partial charge in [0.25, 0.3) is 0 Å². The normalized spacial score (nSPS) is 20.1. The summed E-state index contributed by atoms with van der Waals surface area (Å²) in [6.45, 7) is 2.23. The van der Waals surface area contributed by atoms with Crippen LogP contribution in [0.4, 0.5) is 5.69 Å². The lowest BCUT2D eigenvalue weighted by Crippen LogP contribution is -2.47. The number of nitrogens with one attached hydrogen (secondary N) is 1. The van der Waals surface area contributed by atoms with E-state index in [9.17, 15) is 0 Å². The number of piperidine rings is 1. The van der Waals surface area contributed by atoms with Crippen molar-refractivity contribution < 1.29 is 0 Å². The zero-order chi connectivity index (χ0) is 18.8. The number of nitrogens with zero attached hydrogens (tertiary/aromatic N) is 3. The zero-order valence-corrected chi connectivity index (χ0v) is 16.3. The van der Waals surface area contributed by atoms with E-state index in [1.807, 2.05) is 23.1 Å². The first-order valence-corrected chi connectivity index (χ1v) is 10.5. The van der Waals surface area contributed by atoms with Crippen LogP contribution >= 0.6 is 0 Å². The van der Waals surface area contributed by atoms with Crippen LogP contribution in [0.5, 0.6) is 0 Å². The molecule has 0 radical (unpaired) electrons. The van der Waals surface area contributed by atoms with Crippen molar-refractivity contribution in [2.24, 2.45) is 0 Å². The van der Waals surface area contributed by atoms with Gasteiger partial charge in [-0.2, -0.15) is 5.10 Å². The van der Waals surface area contributed by atoms with E-state index >= 15 is 0 Å². The van der Waals surface area contributed by atoms with Crippen LogP contribution in [0.2, 0.25) is 0 Å². The molecule has 144 valence electrons. The number of hydrogen-bond acceptors (Lipinski definition) is 3. The van der Waals surface area contributed by atoms with Crippen LogP contribution in [0, 0.1) is 0 Å². The Kier molecular flexibility index (Phi) is 4.88. The molecule has 1 N–H and O–H groups in total. The SMILES string of the molecule is c1cc(N2CCC(NC3CCc4ccccc4C3)CC2)cc(-n2cccn2)c1. The van der Waals surface area contributed by atoms with E-state index in [2.05, 4.69) is 63.8 Å². The average molecular weight is 373 g/mol. The molecule has 4 nitrogen and oxygen atoms in total. The molecule has 2 aromatic carbocycles. The molecular weight excluding hydrogens is 344 g/mol. The maximum Gasteiger partial charge on any atom is 0.0666 e. The number of hydrogen-bond donors (Lipinski definition) is 1. The van der Waals surface area contributed by atoms with Gasteiger partial charge in [0.05, 0.1) is 5.69 Å². The molecule has 1 atom stereocenters. The molecule has 1 saturated heterocycles. The van der Waals surface area contributed by atoms with Gasteiger partial charge in [-0.3, -0.25) is 0 Å². The lowest BCUT2D eigenvalue weighted by molar-refractivity contribution is 0.345. The minimum absolute atomic E-state index is 0.634. The summed E-state index contributed by atoms with van der Waals surface area (Å²) in [4.78, 5) is 2.52. The van der Waals surface area contributed by atoms with Crippen molar-refractivity contribution in [3.63, 3.8) is 0 Å². The van der Waals surface area contributed by atoms with E-state index in [4.69, 9.17) is 0 Å². The van der Waals surface area contributed by atoms with E-state index in [1.54, 1.807) is 11.1 Å². The quantitative estimate of drug-likeness (QED) is 0.752. The van der Waals surface area contributed by atoms with Gasteiger partial charge in [0, 0.05) is 43.3 Å². The van der Waals surface area contributed by atoms with Crippen molar-refractivity contribution in [1.82, 2.24) is 15.1 Å². The molecular formula is C24H28N4. The Hall–Kier alpha value is -2.59. The topological polar surface area (TPSA) is 33.1 Å². The highest BCUT2D eigenvalue weighted by Crippen LogP contribution is 2.25. The van der Waals surface area contributed by atoms with E-state index in [0.717, 1.165) is 18.8 Å². The third-order valence-corrected chi connectivity index (χ3v) is 6.28. The number of fused-ring (bicyclic) bond motifs is 1. The first-order chi connectivity index (χ1) is 13.8. The Balaban J connectivity index is 1.18. The van der Waals surface area contributed by atoms with Crippen LogP contribution in [0.3, 0.4) is 0 Å². The molecule has 3 aromatic rings. The van der Waals surface area contributed by atoms with Crippen LogP contribution < -0.4 is 10.2 Å². The second-order valence-electron chi connectivity index (χ2n) is 8.11. The molecule has 0 saturated carbocycles. The molecule has 1 aromatic heterocycles. The van der Waals surface area contributed by atoms with Gasteiger partial charge < -0.3 is 10.2 Å². The number of rotatable bonds is 4. The molecule has 4 heteroatoms. The van der Waals surface area contributed by atoms with Crippen LogP contribution in [-0.2, 0) is 12.8 Å². The summed E-state index contributed by atoms with van der Waals surface area (Å²) < 4.78 is 1.93. The van der Waals surface area contributed by atoms with Gasteiger partial charge in [-0.25, -0.2) is 4.68 Å². The average Bonchev–Trinajstić information content (AvgIpc) is 3.29. The minimum atomic E-state index is 0.634. The van der Waals surface area contributed by atoms with Gasteiger partial charge in [0.15, 0.2) is 0 Å². The van der Waals surface area contributed by atoms with Crippen molar-refractivity contribution in [3.05, 3.63) is 78.1 Å². The monoisotopic (exact) mass is 372 g/mol. The van der Waals surface area contributed by atoms with E-state index in [0.29, 0.717) is 12.1 Å². The molecule has 1 aliphatic carbocycles. The van der Waals surface area contributed by atoms with Crippen molar-refractivity contribution >= 4 is 5.69 Å². The summed E-state index contributed by atoms with van der Waals surface area (Å²) >= 11 is 0. The second-order valence-corrected chi connectivity index (χ2v) is 8.11. The minimum Gasteiger partial charge on any atom is -0.371 e. The Labute approximate surface area is 167 Å². The summed E-state index contributed by atoms with van der Waals surface area (Å²) in [5.74, 6) is 0. The molecule has 1 fully saturated rings.